The molecule has 0 amide bonds. The summed E-state index contributed by atoms with van der Waals surface area (Å²) >= 11 is 0. The standard InChI is InChI=1S/C16H18N2O2/c1-3-19-12-5-4-6-13(10-12)20-15-8-7-11(2)9-14(15)16(17)18/h4-10H,3H2,1-2H3,(H3,17,18). The van der Waals surface area contributed by atoms with E-state index < -0.39 is 0 Å². The molecule has 0 aliphatic carbocycles. The van der Waals surface area contributed by atoms with Crippen LogP contribution in [-0.2, 0) is 0 Å². The zero-order valence-electron chi connectivity index (χ0n) is 11.6. The number of rotatable bonds is 5. The van der Waals surface area contributed by atoms with Crippen LogP contribution in [0, 0.1) is 12.3 Å². The van der Waals surface area contributed by atoms with Crippen LogP contribution in [0.1, 0.15) is 18.1 Å². The minimum absolute atomic E-state index is 0.00957. The number of amidine groups is 1. The highest BCUT2D eigenvalue weighted by atomic mass is 16.5. The summed E-state index contributed by atoms with van der Waals surface area (Å²) in [6.45, 7) is 4.49. The topological polar surface area (TPSA) is 68.3 Å². The Morgan fingerprint density at radius 2 is 1.90 bits per heavy atom. The van der Waals surface area contributed by atoms with E-state index in [-0.39, 0.29) is 5.84 Å². The fraction of sp³-hybridized carbons (Fsp3) is 0.188. The van der Waals surface area contributed by atoms with Crippen molar-refractivity contribution >= 4 is 5.84 Å². The highest BCUT2D eigenvalue weighted by molar-refractivity contribution is 5.97. The molecule has 0 atom stereocenters. The monoisotopic (exact) mass is 270 g/mol. The van der Waals surface area contributed by atoms with Gasteiger partial charge in [-0.3, -0.25) is 5.41 Å². The summed E-state index contributed by atoms with van der Waals surface area (Å²) in [7, 11) is 0. The van der Waals surface area contributed by atoms with Gasteiger partial charge in [0, 0.05) is 6.07 Å². The van der Waals surface area contributed by atoms with Crippen LogP contribution < -0.4 is 15.2 Å². The predicted molar refractivity (Wildman–Crippen MR) is 79.9 cm³/mol. The minimum atomic E-state index is -0.00957. The van der Waals surface area contributed by atoms with E-state index in [4.69, 9.17) is 20.6 Å². The van der Waals surface area contributed by atoms with E-state index in [0.717, 1.165) is 11.3 Å². The van der Waals surface area contributed by atoms with Gasteiger partial charge in [-0.1, -0.05) is 17.7 Å². The van der Waals surface area contributed by atoms with Crippen LogP contribution >= 0.6 is 0 Å². The van der Waals surface area contributed by atoms with E-state index in [1.807, 2.05) is 56.3 Å². The van der Waals surface area contributed by atoms with E-state index in [2.05, 4.69) is 0 Å². The number of nitrogens with one attached hydrogen (secondary N) is 1. The maximum atomic E-state index is 7.62. The van der Waals surface area contributed by atoms with Gasteiger partial charge in [0.15, 0.2) is 0 Å². The molecule has 0 heterocycles. The van der Waals surface area contributed by atoms with Crippen LogP contribution in [0.2, 0.25) is 0 Å². The second-order valence-corrected chi connectivity index (χ2v) is 4.42. The molecule has 0 radical (unpaired) electrons. The van der Waals surface area contributed by atoms with Crippen molar-refractivity contribution in [3.63, 3.8) is 0 Å². The Kier molecular flexibility index (Phi) is 4.25. The van der Waals surface area contributed by atoms with Crippen LogP contribution in [0.5, 0.6) is 17.2 Å². The fourth-order valence-corrected chi connectivity index (χ4v) is 1.86. The first-order valence-electron chi connectivity index (χ1n) is 6.46. The second-order valence-electron chi connectivity index (χ2n) is 4.42. The lowest BCUT2D eigenvalue weighted by Gasteiger charge is -2.12. The lowest BCUT2D eigenvalue weighted by molar-refractivity contribution is 0.338. The molecule has 4 heteroatoms. The summed E-state index contributed by atoms with van der Waals surface area (Å²) in [6.07, 6.45) is 0. The molecule has 2 aromatic carbocycles. The van der Waals surface area contributed by atoms with Crippen LogP contribution in [-0.4, -0.2) is 12.4 Å². The first kappa shape index (κ1) is 13.9. The molecule has 2 aromatic rings. The van der Waals surface area contributed by atoms with Gasteiger partial charge in [0.2, 0.25) is 0 Å². The molecule has 0 aromatic heterocycles. The molecule has 0 aliphatic heterocycles. The number of nitrogen functional groups attached to an aromatic ring is 1. The number of ether oxygens (including phenoxy) is 2. The Balaban J connectivity index is 2.30. The smallest absolute Gasteiger partial charge is 0.138 e. The Morgan fingerprint density at radius 1 is 1.15 bits per heavy atom. The second kappa shape index (κ2) is 6.10. The molecule has 4 nitrogen and oxygen atoms in total. The van der Waals surface area contributed by atoms with Gasteiger partial charge in [-0.25, -0.2) is 0 Å². The van der Waals surface area contributed by atoms with Crippen molar-refractivity contribution in [2.24, 2.45) is 5.73 Å². The summed E-state index contributed by atoms with van der Waals surface area (Å²) in [4.78, 5) is 0. The zero-order chi connectivity index (χ0) is 14.5. The van der Waals surface area contributed by atoms with Crippen molar-refractivity contribution in [3.05, 3.63) is 53.6 Å². The van der Waals surface area contributed by atoms with Crippen molar-refractivity contribution in [1.82, 2.24) is 0 Å². The largest absolute Gasteiger partial charge is 0.494 e. The van der Waals surface area contributed by atoms with Gasteiger partial charge in [-0.05, 0) is 38.1 Å². The van der Waals surface area contributed by atoms with Crippen LogP contribution in [0.15, 0.2) is 42.5 Å². The van der Waals surface area contributed by atoms with Crippen molar-refractivity contribution in [2.45, 2.75) is 13.8 Å². The molecular weight excluding hydrogens is 252 g/mol. The van der Waals surface area contributed by atoms with Crippen molar-refractivity contribution in [2.75, 3.05) is 6.61 Å². The molecule has 104 valence electrons. The van der Waals surface area contributed by atoms with Gasteiger partial charge in [0.05, 0.1) is 12.2 Å². The number of aryl methyl sites for hydroxylation is 1. The van der Waals surface area contributed by atoms with Crippen molar-refractivity contribution in [3.8, 4) is 17.2 Å². The number of benzene rings is 2. The van der Waals surface area contributed by atoms with Crippen LogP contribution in [0.4, 0.5) is 0 Å². The summed E-state index contributed by atoms with van der Waals surface area (Å²) < 4.78 is 11.2. The average Bonchev–Trinajstić information content (AvgIpc) is 2.41. The SMILES string of the molecule is CCOc1cccc(Oc2ccc(C)cc2C(=N)N)c1. The number of hydrogen-bond acceptors (Lipinski definition) is 3. The van der Waals surface area contributed by atoms with Crippen LogP contribution in [0.25, 0.3) is 0 Å². The van der Waals surface area contributed by atoms with Crippen LogP contribution in [0.3, 0.4) is 0 Å². The summed E-state index contributed by atoms with van der Waals surface area (Å²) in [6, 6.07) is 13.0. The molecule has 0 fully saturated rings. The maximum Gasteiger partial charge on any atom is 0.138 e. The Labute approximate surface area is 118 Å². The van der Waals surface area contributed by atoms with Crippen molar-refractivity contribution < 1.29 is 9.47 Å². The Bertz CT molecular complexity index is 624. The Hall–Kier alpha value is -2.49. The van der Waals surface area contributed by atoms with E-state index >= 15 is 0 Å². The van der Waals surface area contributed by atoms with Gasteiger partial charge in [-0.2, -0.15) is 0 Å². The predicted octanol–water partition coefficient (Wildman–Crippen LogP) is 3.47. The zero-order valence-corrected chi connectivity index (χ0v) is 11.6. The van der Waals surface area contributed by atoms with Gasteiger partial charge in [0.25, 0.3) is 0 Å². The van der Waals surface area contributed by atoms with Gasteiger partial charge in [0.1, 0.15) is 23.1 Å². The first-order chi connectivity index (χ1) is 9.60. The molecule has 2 rings (SSSR count). The molecule has 0 saturated carbocycles. The lowest BCUT2D eigenvalue weighted by Crippen LogP contribution is -2.12. The molecular formula is C16H18N2O2. The van der Waals surface area contributed by atoms with E-state index in [1.165, 1.54) is 0 Å². The highest BCUT2D eigenvalue weighted by Gasteiger charge is 2.08. The molecule has 0 saturated heterocycles. The molecule has 0 spiro atoms. The van der Waals surface area contributed by atoms with E-state index in [9.17, 15) is 0 Å². The minimum Gasteiger partial charge on any atom is -0.494 e. The third-order valence-corrected chi connectivity index (χ3v) is 2.77. The Morgan fingerprint density at radius 3 is 2.60 bits per heavy atom. The fourth-order valence-electron chi connectivity index (χ4n) is 1.86. The molecule has 20 heavy (non-hydrogen) atoms. The highest BCUT2D eigenvalue weighted by Crippen LogP contribution is 2.28. The maximum absolute atomic E-state index is 7.62. The molecule has 0 bridgehead atoms. The molecule has 0 aliphatic rings. The normalized spacial score (nSPS) is 10.1. The number of nitrogens with two attached hydrogens (primary N) is 1. The third-order valence-electron chi connectivity index (χ3n) is 2.77. The first-order valence-corrected chi connectivity index (χ1v) is 6.46. The summed E-state index contributed by atoms with van der Waals surface area (Å²) in [5, 5.41) is 7.62. The summed E-state index contributed by atoms with van der Waals surface area (Å²) in [5.74, 6) is 1.96. The molecule has 0 unspecified atom stereocenters. The lowest BCUT2D eigenvalue weighted by atomic mass is 10.1. The van der Waals surface area contributed by atoms with E-state index in [1.54, 1.807) is 0 Å². The van der Waals surface area contributed by atoms with E-state index in [0.29, 0.717) is 23.7 Å². The molecule has 3 N–H and O–H groups in total. The number of hydrogen-bond donors (Lipinski definition) is 2. The van der Waals surface area contributed by atoms with Gasteiger partial charge in [-0.15, -0.1) is 0 Å². The van der Waals surface area contributed by atoms with Gasteiger partial charge >= 0.3 is 0 Å². The third kappa shape index (κ3) is 3.29. The van der Waals surface area contributed by atoms with Gasteiger partial charge < -0.3 is 15.2 Å². The average molecular weight is 270 g/mol. The van der Waals surface area contributed by atoms with Crippen molar-refractivity contribution in [1.29, 1.82) is 5.41 Å². The quantitative estimate of drug-likeness (QED) is 0.645. The summed E-state index contributed by atoms with van der Waals surface area (Å²) in [5.41, 5.74) is 7.22.